The summed E-state index contributed by atoms with van der Waals surface area (Å²) in [7, 11) is -4.09. The number of aromatic nitrogens is 2. The summed E-state index contributed by atoms with van der Waals surface area (Å²) >= 11 is 0. The SMILES string of the molecule is O=C(/C=C/c1cccc(S(=O)(=O)Nc2ccc(C(F)(F)F)cc2)c1)Nc1ccccc1-c1nc2ccccc2[nH]1. The number of carbonyl (C=O) groups excluding carboxylic acids is 1. The minimum Gasteiger partial charge on any atom is -0.338 e. The van der Waals surface area contributed by atoms with Gasteiger partial charge in [0.1, 0.15) is 5.82 Å². The van der Waals surface area contributed by atoms with E-state index in [4.69, 9.17) is 0 Å². The maximum absolute atomic E-state index is 12.8. The van der Waals surface area contributed by atoms with Crippen LogP contribution in [0.25, 0.3) is 28.5 Å². The molecule has 0 atom stereocenters. The molecule has 3 N–H and O–H groups in total. The number of fused-ring (bicyclic) bond motifs is 1. The standard InChI is InChI=1S/C29H21F3N4O3S/c30-29(31,32)20-13-15-21(16-14-20)36-40(38,39)22-7-5-6-19(18-22)12-17-27(37)33-24-9-2-1-8-23(24)28-34-25-10-3-4-11-26(25)35-28/h1-18,36H,(H,33,37)(H,34,35)/b17-12+. The number of amides is 1. The van der Waals surface area contributed by atoms with E-state index < -0.39 is 27.7 Å². The molecule has 0 spiro atoms. The molecular weight excluding hydrogens is 541 g/mol. The molecule has 0 radical (unpaired) electrons. The van der Waals surface area contributed by atoms with Gasteiger partial charge in [-0.15, -0.1) is 0 Å². The molecule has 0 aliphatic rings. The number of anilines is 2. The smallest absolute Gasteiger partial charge is 0.338 e. The lowest BCUT2D eigenvalue weighted by atomic mass is 10.1. The zero-order valence-electron chi connectivity index (χ0n) is 20.6. The highest BCUT2D eigenvalue weighted by Crippen LogP contribution is 2.30. The maximum atomic E-state index is 12.8. The summed E-state index contributed by atoms with van der Waals surface area (Å²) in [6, 6.07) is 24.2. The molecule has 0 unspecified atom stereocenters. The molecule has 0 bridgehead atoms. The highest BCUT2D eigenvalue weighted by atomic mass is 32.2. The minimum atomic E-state index is -4.53. The summed E-state index contributed by atoms with van der Waals surface area (Å²) in [4.78, 5) is 20.4. The van der Waals surface area contributed by atoms with Crippen molar-refractivity contribution in [2.24, 2.45) is 0 Å². The molecule has 1 aromatic heterocycles. The molecule has 0 fully saturated rings. The largest absolute Gasteiger partial charge is 0.416 e. The third-order valence-electron chi connectivity index (χ3n) is 5.89. The third kappa shape index (κ3) is 6.05. The van der Waals surface area contributed by atoms with Gasteiger partial charge in [0.05, 0.1) is 27.2 Å². The monoisotopic (exact) mass is 562 g/mol. The van der Waals surface area contributed by atoms with Gasteiger partial charge in [-0.1, -0.05) is 36.4 Å². The van der Waals surface area contributed by atoms with Crippen molar-refractivity contribution in [3.63, 3.8) is 0 Å². The van der Waals surface area contributed by atoms with E-state index in [9.17, 15) is 26.4 Å². The van der Waals surface area contributed by atoms with Crippen molar-refractivity contribution in [3.05, 3.63) is 114 Å². The second-order valence-corrected chi connectivity index (χ2v) is 10.4. The van der Waals surface area contributed by atoms with Crippen molar-refractivity contribution in [2.45, 2.75) is 11.1 Å². The lowest BCUT2D eigenvalue weighted by Crippen LogP contribution is -2.13. The molecule has 0 saturated carbocycles. The van der Waals surface area contributed by atoms with E-state index in [2.05, 4.69) is 20.0 Å². The number of imidazole rings is 1. The van der Waals surface area contributed by atoms with E-state index >= 15 is 0 Å². The van der Waals surface area contributed by atoms with Crippen LogP contribution in [0.15, 0.2) is 108 Å². The lowest BCUT2D eigenvalue weighted by molar-refractivity contribution is -0.137. The number of alkyl halides is 3. The van der Waals surface area contributed by atoms with E-state index in [-0.39, 0.29) is 10.6 Å². The number of sulfonamides is 1. The Labute approximate surface area is 227 Å². The van der Waals surface area contributed by atoms with E-state index in [1.165, 1.54) is 30.4 Å². The average molecular weight is 563 g/mol. The van der Waals surface area contributed by atoms with Gasteiger partial charge in [-0.3, -0.25) is 9.52 Å². The van der Waals surface area contributed by atoms with Crippen LogP contribution in [0, 0.1) is 0 Å². The summed E-state index contributed by atoms with van der Waals surface area (Å²) < 4.78 is 66.2. The normalized spacial score (nSPS) is 12.1. The minimum absolute atomic E-state index is 0.0172. The predicted octanol–water partition coefficient (Wildman–Crippen LogP) is 6.70. The maximum Gasteiger partial charge on any atom is 0.416 e. The van der Waals surface area contributed by atoms with Gasteiger partial charge in [0.15, 0.2) is 0 Å². The Hall–Kier alpha value is -4.90. The molecule has 5 aromatic rings. The Kier molecular flexibility index (Phi) is 7.14. The first-order valence-electron chi connectivity index (χ1n) is 11.9. The highest BCUT2D eigenvalue weighted by molar-refractivity contribution is 7.92. The zero-order chi connectivity index (χ0) is 28.3. The summed E-state index contributed by atoms with van der Waals surface area (Å²) in [5, 5.41) is 2.82. The number of para-hydroxylation sites is 3. The van der Waals surface area contributed by atoms with Crippen molar-refractivity contribution < 1.29 is 26.4 Å². The van der Waals surface area contributed by atoms with Crippen molar-refractivity contribution in [2.75, 3.05) is 10.0 Å². The Morgan fingerprint density at radius 2 is 1.60 bits per heavy atom. The number of nitrogens with zero attached hydrogens (tertiary/aromatic N) is 1. The van der Waals surface area contributed by atoms with E-state index in [0.717, 1.165) is 35.3 Å². The van der Waals surface area contributed by atoms with Crippen molar-refractivity contribution in [1.82, 2.24) is 9.97 Å². The van der Waals surface area contributed by atoms with Crippen LogP contribution in [0.2, 0.25) is 0 Å². The first-order chi connectivity index (χ1) is 19.1. The number of benzene rings is 4. The number of aromatic amines is 1. The van der Waals surface area contributed by atoms with Gasteiger partial charge in [0.2, 0.25) is 5.91 Å². The number of H-pyrrole nitrogens is 1. The van der Waals surface area contributed by atoms with Crippen molar-refractivity contribution in [1.29, 1.82) is 0 Å². The number of nitrogens with one attached hydrogen (secondary N) is 3. The van der Waals surface area contributed by atoms with Crippen LogP contribution >= 0.6 is 0 Å². The topological polar surface area (TPSA) is 104 Å². The third-order valence-corrected chi connectivity index (χ3v) is 7.27. The number of carbonyl (C=O) groups is 1. The van der Waals surface area contributed by atoms with Crippen LogP contribution in [-0.2, 0) is 21.0 Å². The summed E-state index contributed by atoms with van der Waals surface area (Å²) in [5.74, 6) is 0.152. The molecule has 5 rings (SSSR count). The van der Waals surface area contributed by atoms with Crippen LogP contribution in [0.1, 0.15) is 11.1 Å². The molecule has 0 saturated heterocycles. The molecule has 40 heavy (non-hydrogen) atoms. The highest BCUT2D eigenvalue weighted by Gasteiger charge is 2.30. The number of hydrogen-bond acceptors (Lipinski definition) is 4. The van der Waals surface area contributed by atoms with Gasteiger partial charge in [-0.25, -0.2) is 13.4 Å². The fourth-order valence-electron chi connectivity index (χ4n) is 3.95. The zero-order valence-corrected chi connectivity index (χ0v) is 21.4. The average Bonchev–Trinajstić information content (AvgIpc) is 3.36. The summed E-state index contributed by atoms with van der Waals surface area (Å²) in [6.07, 6.45) is -1.80. The van der Waals surface area contributed by atoms with Crippen LogP contribution in [0.4, 0.5) is 24.5 Å². The van der Waals surface area contributed by atoms with Crippen molar-refractivity contribution >= 4 is 44.4 Å². The second kappa shape index (κ2) is 10.7. The van der Waals surface area contributed by atoms with Gasteiger partial charge in [0.25, 0.3) is 10.0 Å². The van der Waals surface area contributed by atoms with Crippen LogP contribution in [-0.4, -0.2) is 24.3 Å². The predicted molar refractivity (Wildman–Crippen MR) is 148 cm³/mol. The fraction of sp³-hybridized carbons (Fsp3) is 0.0345. The van der Waals surface area contributed by atoms with E-state index in [0.29, 0.717) is 22.6 Å². The molecule has 7 nitrogen and oxygen atoms in total. The van der Waals surface area contributed by atoms with Gasteiger partial charge in [0, 0.05) is 17.3 Å². The molecule has 0 aliphatic heterocycles. The van der Waals surface area contributed by atoms with Gasteiger partial charge in [-0.05, 0) is 72.3 Å². The number of halogens is 3. The first-order valence-corrected chi connectivity index (χ1v) is 13.4. The molecule has 1 heterocycles. The molecule has 0 aliphatic carbocycles. The van der Waals surface area contributed by atoms with Crippen LogP contribution < -0.4 is 10.0 Å². The molecular formula is C29H21F3N4O3S. The second-order valence-electron chi connectivity index (χ2n) is 8.72. The summed E-state index contributed by atoms with van der Waals surface area (Å²) in [5.41, 5.74) is 2.41. The lowest BCUT2D eigenvalue weighted by Gasteiger charge is -2.11. The number of hydrogen-bond donors (Lipinski definition) is 3. The molecule has 202 valence electrons. The molecule has 11 heteroatoms. The van der Waals surface area contributed by atoms with Gasteiger partial charge in [-0.2, -0.15) is 13.2 Å². The van der Waals surface area contributed by atoms with Gasteiger partial charge < -0.3 is 10.3 Å². The van der Waals surface area contributed by atoms with Crippen LogP contribution in [0.5, 0.6) is 0 Å². The Morgan fingerprint density at radius 3 is 2.35 bits per heavy atom. The quantitative estimate of drug-likeness (QED) is 0.192. The van der Waals surface area contributed by atoms with Crippen LogP contribution in [0.3, 0.4) is 0 Å². The Bertz CT molecular complexity index is 1800. The summed E-state index contributed by atoms with van der Waals surface area (Å²) in [6.45, 7) is 0. The van der Waals surface area contributed by atoms with E-state index in [1.54, 1.807) is 18.2 Å². The van der Waals surface area contributed by atoms with Crippen molar-refractivity contribution in [3.8, 4) is 11.4 Å². The molecule has 4 aromatic carbocycles. The fourth-order valence-corrected chi connectivity index (χ4v) is 5.07. The Morgan fingerprint density at radius 1 is 0.875 bits per heavy atom. The number of rotatable bonds is 7. The first kappa shape index (κ1) is 26.7. The Balaban J connectivity index is 1.30. The van der Waals surface area contributed by atoms with E-state index in [1.807, 2.05) is 36.4 Å². The molecule has 1 amide bonds. The van der Waals surface area contributed by atoms with Gasteiger partial charge >= 0.3 is 6.18 Å².